The third kappa shape index (κ3) is 2.24. The molecule has 4 saturated carbocycles. The molecule has 0 radical (unpaired) electrons. The highest BCUT2D eigenvalue weighted by Gasteiger charge is 2.55. The Morgan fingerprint density at radius 3 is 1.81 bits per heavy atom. The van der Waals surface area contributed by atoms with Gasteiger partial charge >= 0.3 is 0 Å². The van der Waals surface area contributed by atoms with Gasteiger partial charge in [0.2, 0.25) is 5.91 Å². The van der Waals surface area contributed by atoms with Crippen LogP contribution in [0.3, 0.4) is 0 Å². The van der Waals surface area contributed by atoms with Crippen molar-refractivity contribution in [2.24, 2.45) is 29.1 Å². The Labute approximate surface area is 127 Å². The van der Waals surface area contributed by atoms with Gasteiger partial charge in [0.15, 0.2) is 0 Å². The molecule has 1 saturated heterocycles. The predicted molar refractivity (Wildman–Crippen MR) is 80.6 cm³/mol. The van der Waals surface area contributed by atoms with Gasteiger partial charge in [-0.15, -0.1) is 0 Å². The van der Waals surface area contributed by atoms with Crippen LogP contribution >= 0.6 is 0 Å². The fourth-order valence-electron chi connectivity index (χ4n) is 6.20. The third-order valence-corrected chi connectivity index (χ3v) is 6.85. The van der Waals surface area contributed by atoms with Gasteiger partial charge in [-0.3, -0.25) is 9.59 Å². The standard InChI is InChI=1S/C18H27NO2/c1-12(20)16-2-4-19(5-3-16)17(21)18-9-13-6-14(10-18)8-15(7-13)11-18/h13-16H,2-11H2,1H3. The quantitative estimate of drug-likeness (QED) is 0.783. The Morgan fingerprint density at radius 2 is 1.38 bits per heavy atom. The normalized spacial score (nSPS) is 42.3. The molecule has 1 amide bonds. The lowest BCUT2D eigenvalue weighted by atomic mass is 9.49. The van der Waals surface area contributed by atoms with Gasteiger partial charge in [0.1, 0.15) is 5.78 Å². The first-order chi connectivity index (χ1) is 10.1. The van der Waals surface area contributed by atoms with Crippen LogP contribution < -0.4 is 0 Å². The maximum atomic E-state index is 13.2. The first-order valence-electron chi connectivity index (χ1n) is 8.85. The van der Waals surface area contributed by atoms with Crippen molar-refractivity contribution in [3.8, 4) is 0 Å². The van der Waals surface area contributed by atoms with Crippen molar-refractivity contribution < 1.29 is 9.59 Å². The molecule has 1 heterocycles. The topological polar surface area (TPSA) is 37.4 Å². The number of hydrogen-bond acceptors (Lipinski definition) is 2. The lowest BCUT2D eigenvalue weighted by Gasteiger charge is -2.57. The zero-order valence-electron chi connectivity index (χ0n) is 13.1. The van der Waals surface area contributed by atoms with E-state index in [1.807, 2.05) is 0 Å². The first-order valence-corrected chi connectivity index (χ1v) is 8.85. The summed E-state index contributed by atoms with van der Waals surface area (Å²) in [6.45, 7) is 3.32. The smallest absolute Gasteiger partial charge is 0.228 e. The van der Waals surface area contributed by atoms with Gasteiger partial charge in [0, 0.05) is 19.0 Å². The zero-order chi connectivity index (χ0) is 14.6. The molecule has 0 aromatic rings. The number of nitrogens with zero attached hydrogens (tertiary/aromatic N) is 1. The van der Waals surface area contributed by atoms with Crippen molar-refractivity contribution in [2.45, 2.75) is 58.3 Å². The number of hydrogen-bond donors (Lipinski definition) is 0. The molecule has 5 fully saturated rings. The van der Waals surface area contributed by atoms with E-state index < -0.39 is 0 Å². The first kappa shape index (κ1) is 13.8. The summed E-state index contributed by atoms with van der Waals surface area (Å²) in [7, 11) is 0. The lowest BCUT2D eigenvalue weighted by Crippen LogP contribution is -2.55. The Morgan fingerprint density at radius 1 is 0.905 bits per heavy atom. The minimum absolute atomic E-state index is 0.00217. The molecule has 1 aliphatic heterocycles. The second-order valence-electron chi connectivity index (χ2n) is 8.38. The monoisotopic (exact) mass is 289 g/mol. The van der Waals surface area contributed by atoms with Crippen molar-refractivity contribution in [1.82, 2.24) is 4.90 Å². The molecular formula is C18H27NO2. The molecule has 3 heteroatoms. The number of piperidine rings is 1. The summed E-state index contributed by atoms with van der Waals surface area (Å²) in [6.07, 6.45) is 9.40. The molecule has 3 nitrogen and oxygen atoms in total. The number of carbonyl (C=O) groups excluding carboxylic acids is 2. The molecule has 0 N–H and O–H groups in total. The largest absolute Gasteiger partial charge is 0.342 e. The third-order valence-electron chi connectivity index (χ3n) is 6.85. The Balaban J connectivity index is 1.47. The highest BCUT2D eigenvalue weighted by atomic mass is 16.2. The molecule has 0 aromatic heterocycles. The maximum Gasteiger partial charge on any atom is 0.228 e. The van der Waals surface area contributed by atoms with Crippen LogP contribution in [0.15, 0.2) is 0 Å². The predicted octanol–water partition coefficient (Wildman–Crippen LogP) is 3.03. The number of Topliss-reactive ketones (excluding diaryl/α,β-unsaturated/α-hetero) is 1. The van der Waals surface area contributed by atoms with Gasteiger partial charge in [-0.05, 0) is 76.0 Å². The molecule has 0 atom stereocenters. The number of rotatable bonds is 2. The van der Waals surface area contributed by atoms with Crippen LogP contribution in [0.2, 0.25) is 0 Å². The molecule has 0 unspecified atom stereocenters. The Hall–Kier alpha value is -0.860. The average molecular weight is 289 g/mol. The summed E-state index contributed by atoms with van der Waals surface area (Å²) in [5.41, 5.74) is -0.00217. The Kier molecular flexibility index (Phi) is 3.16. The average Bonchev–Trinajstić information content (AvgIpc) is 2.45. The SMILES string of the molecule is CC(=O)C1CCN(C(=O)C23CC4CC(CC(C4)C2)C3)CC1. The van der Waals surface area contributed by atoms with Crippen molar-refractivity contribution in [1.29, 1.82) is 0 Å². The lowest BCUT2D eigenvalue weighted by molar-refractivity contribution is -0.159. The summed E-state index contributed by atoms with van der Waals surface area (Å²) in [5, 5.41) is 0. The van der Waals surface area contributed by atoms with Gasteiger partial charge in [-0.1, -0.05) is 0 Å². The summed E-state index contributed by atoms with van der Waals surface area (Å²) in [4.78, 5) is 26.8. The van der Waals surface area contributed by atoms with E-state index in [1.54, 1.807) is 6.92 Å². The summed E-state index contributed by atoms with van der Waals surface area (Å²) in [6, 6.07) is 0. The molecule has 0 aromatic carbocycles. The van der Waals surface area contributed by atoms with E-state index in [-0.39, 0.29) is 11.3 Å². The van der Waals surface area contributed by atoms with E-state index >= 15 is 0 Å². The number of carbonyl (C=O) groups is 2. The van der Waals surface area contributed by atoms with E-state index in [9.17, 15) is 9.59 Å². The van der Waals surface area contributed by atoms with E-state index in [0.29, 0.717) is 11.7 Å². The van der Waals surface area contributed by atoms with Crippen molar-refractivity contribution in [3.05, 3.63) is 0 Å². The molecule has 116 valence electrons. The van der Waals surface area contributed by atoms with Crippen LogP contribution in [0.1, 0.15) is 58.3 Å². The van der Waals surface area contributed by atoms with E-state index in [1.165, 1.54) is 19.3 Å². The van der Waals surface area contributed by atoms with Gasteiger partial charge < -0.3 is 4.90 Å². The number of amides is 1. The summed E-state index contributed by atoms with van der Waals surface area (Å²) in [5.74, 6) is 3.44. The highest BCUT2D eigenvalue weighted by molar-refractivity contribution is 5.84. The molecule has 4 aliphatic carbocycles. The van der Waals surface area contributed by atoms with Crippen LogP contribution in [0.5, 0.6) is 0 Å². The molecule has 5 rings (SSSR count). The van der Waals surface area contributed by atoms with Crippen LogP contribution in [-0.4, -0.2) is 29.7 Å². The highest BCUT2D eigenvalue weighted by Crippen LogP contribution is 2.60. The fourth-order valence-corrected chi connectivity index (χ4v) is 6.20. The van der Waals surface area contributed by atoms with E-state index in [4.69, 9.17) is 0 Å². The minimum Gasteiger partial charge on any atom is -0.342 e. The van der Waals surface area contributed by atoms with E-state index in [2.05, 4.69) is 4.90 Å². The van der Waals surface area contributed by atoms with Crippen LogP contribution in [-0.2, 0) is 9.59 Å². The van der Waals surface area contributed by atoms with Crippen molar-refractivity contribution in [3.63, 3.8) is 0 Å². The second-order valence-corrected chi connectivity index (χ2v) is 8.38. The van der Waals surface area contributed by atoms with Gasteiger partial charge in [-0.2, -0.15) is 0 Å². The molecule has 5 aliphatic rings. The fraction of sp³-hybridized carbons (Fsp3) is 0.889. The number of likely N-dealkylation sites (tertiary alicyclic amines) is 1. The van der Waals surface area contributed by atoms with E-state index in [0.717, 1.165) is 62.9 Å². The molecular weight excluding hydrogens is 262 g/mol. The maximum absolute atomic E-state index is 13.2. The number of ketones is 1. The zero-order valence-corrected chi connectivity index (χ0v) is 13.1. The Bertz CT molecular complexity index is 427. The van der Waals surface area contributed by atoms with Crippen LogP contribution in [0.4, 0.5) is 0 Å². The second kappa shape index (κ2) is 4.82. The van der Waals surface area contributed by atoms with Gasteiger partial charge in [-0.25, -0.2) is 0 Å². The summed E-state index contributed by atoms with van der Waals surface area (Å²) < 4.78 is 0. The van der Waals surface area contributed by atoms with Crippen molar-refractivity contribution in [2.75, 3.05) is 13.1 Å². The van der Waals surface area contributed by atoms with Crippen molar-refractivity contribution >= 4 is 11.7 Å². The summed E-state index contributed by atoms with van der Waals surface area (Å²) >= 11 is 0. The molecule has 21 heavy (non-hydrogen) atoms. The van der Waals surface area contributed by atoms with Gasteiger partial charge in [0.05, 0.1) is 5.41 Å². The van der Waals surface area contributed by atoms with Crippen LogP contribution in [0.25, 0.3) is 0 Å². The molecule has 4 bridgehead atoms. The molecule has 0 spiro atoms. The van der Waals surface area contributed by atoms with Gasteiger partial charge in [0.25, 0.3) is 0 Å². The minimum atomic E-state index is -0.00217. The van der Waals surface area contributed by atoms with Crippen LogP contribution in [0, 0.1) is 29.1 Å².